The second-order valence-corrected chi connectivity index (χ2v) is 4.41. The van der Waals surface area contributed by atoms with Gasteiger partial charge in [0.15, 0.2) is 0 Å². The number of methoxy groups -OCH3 is 1. The molecule has 0 saturated heterocycles. The summed E-state index contributed by atoms with van der Waals surface area (Å²) in [6.45, 7) is 1.46. The van der Waals surface area contributed by atoms with Gasteiger partial charge in [-0.1, -0.05) is 11.6 Å². The molecule has 0 aromatic heterocycles. The molecule has 0 aliphatic carbocycles. The molecule has 0 unspecified atom stereocenters. The Morgan fingerprint density at radius 3 is 2.82 bits per heavy atom. The van der Waals surface area contributed by atoms with Gasteiger partial charge in [-0.3, -0.25) is 5.41 Å². The van der Waals surface area contributed by atoms with Crippen molar-refractivity contribution in [3.63, 3.8) is 0 Å². The molecular weight excluding hydrogens is 238 g/mol. The molecule has 94 valence electrons. The number of nitrogens with zero attached hydrogens (tertiary/aromatic N) is 1. The Labute approximate surface area is 107 Å². The summed E-state index contributed by atoms with van der Waals surface area (Å²) in [6.07, 6.45) is 0.569. The van der Waals surface area contributed by atoms with E-state index in [-0.39, 0.29) is 5.84 Å². The molecule has 0 spiro atoms. The lowest BCUT2D eigenvalue weighted by molar-refractivity contribution is 0.325. The Kier molecular flexibility index (Phi) is 5.25. The quantitative estimate of drug-likeness (QED) is 0.605. The van der Waals surface area contributed by atoms with Crippen molar-refractivity contribution < 1.29 is 4.74 Å². The van der Waals surface area contributed by atoms with Gasteiger partial charge in [-0.25, -0.2) is 0 Å². The molecule has 1 aromatic rings. The second kappa shape index (κ2) is 6.47. The number of nitrogens with one attached hydrogen (secondary N) is 1. The Bertz CT molecular complexity index is 395. The van der Waals surface area contributed by atoms with E-state index in [0.29, 0.717) is 11.4 Å². The molecule has 1 rings (SSSR count). The van der Waals surface area contributed by atoms with Crippen molar-refractivity contribution in [2.75, 3.05) is 20.7 Å². The fourth-order valence-electron chi connectivity index (χ4n) is 1.55. The number of amidine groups is 1. The van der Waals surface area contributed by atoms with E-state index in [1.165, 1.54) is 0 Å². The molecule has 0 fully saturated rings. The van der Waals surface area contributed by atoms with Crippen LogP contribution in [0.1, 0.15) is 12.0 Å². The average molecular weight is 256 g/mol. The van der Waals surface area contributed by atoms with Gasteiger partial charge in [0.2, 0.25) is 0 Å². The molecular formula is C12H18ClN3O. The molecule has 0 bridgehead atoms. The number of benzene rings is 1. The minimum absolute atomic E-state index is 0.204. The first-order valence-corrected chi connectivity index (χ1v) is 5.74. The first-order valence-electron chi connectivity index (χ1n) is 5.36. The minimum Gasteiger partial charge on any atom is -0.496 e. The Morgan fingerprint density at radius 1 is 1.53 bits per heavy atom. The molecule has 0 saturated carbocycles. The fraction of sp³-hybridized carbons (Fsp3) is 0.417. The van der Waals surface area contributed by atoms with Gasteiger partial charge >= 0.3 is 0 Å². The van der Waals surface area contributed by atoms with Gasteiger partial charge in [-0.05, 0) is 25.2 Å². The van der Waals surface area contributed by atoms with Gasteiger partial charge in [-0.2, -0.15) is 0 Å². The lowest BCUT2D eigenvalue weighted by Crippen LogP contribution is -2.24. The normalized spacial score (nSPS) is 10.6. The van der Waals surface area contributed by atoms with Gasteiger partial charge < -0.3 is 15.4 Å². The van der Waals surface area contributed by atoms with E-state index in [2.05, 4.69) is 4.90 Å². The third-order valence-corrected chi connectivity index (χ3v) is 2.68. The molecule has 1 aromatic carbocycles. The lowest BCUT2D eigenvalue weighted by Gasteiger charge is -2.18. The van der Waals surface area contributed by atoms with E-state index < -0.39 is 0 Å². The van der Waals surface area contributed by atoms with E-state index in [4.69, 9.17) is 27.5 Å². The summed E-state index contributed by atoms with van der Waals surface area (Å²) < 4.78 is 5.27. The SMILES string of the molecule is COc1ccc(Cl)cc1CN(C)CCC(=N)N. The Hall–Kier alpha value is -1.26. The Morgan fingerprint density at radius 2 is 2.24 bits per heavy atom. The summed E-state index contributed by atoms with van der Waals surface area (Å²) in [7, 11) is 3.62. The van der Waals surface area contributed by atoms with E-state index >= 15 is 0 Å². The predicted octanol–water partition coefficient (Wildman–Crippen LogP) is 2.11. The summed E-state index contributed by atoms with van der Waals surface area (Å²) in [5.41, 5.74) is 6.36. The van der Waals surface area contributed by atoms with Crippen molar-refractivity contribution in [2.24, 2.45) is 5.73 Å². The molecule has 0 heterocycles. The molecule has 0 radical (unpaired) electrons. The summed E-state index contributed by atoms with van der Waals surface area (Å²) in [5.74, 6) is 1.03. The first kappa shape index (κ1) is 13.8. The molecule has 0 amide bonds. The van der Waals surface area contributed by atoms with Crippen LogP contribution in [0, 0.1) is 5.41 Å². The highest BCUT2D eigenvalue weighted by atomic mass is 35.5. The number of nitrogens with two attached hydrogens (primary N) is 1. The van der Waals surface area contributed by atoms with Gasteiger partial charge in [0.25, 0.3) is 0 Å². The van der Waals surface area contributed by atoms with E-state index in [0.717, 1.165) is 24.4 Å². The van der Waals surface area contributed by atoms with Crippen LogP contribution in [0.25, 0.3) is 0 Å². The van der Waals surface area contributed by atoms with E-state index in [1.54, 1.807) is 13.2 Å². The van der Waals surface area contributed by atoms with Crippen LogP contribution in [-0.2, 0) is 6.54 Å². The topological polar surface area (TPSA) is 62.3 Å². The van der Waals surface area contributed by atoms with Crippen LogP contribution in [0.2, 0.25) is 5.02 Å². The van der Waals surface area contributed by atoms with Crippen LogP contribution in [0.5, 0.6) is 5.75 Å². The van der Waals surface area contributed by atoms with Crippen LogP contribution in [0.3, 0.4) is 0 Å². The van der Waals surface area contributed by atoms with Crippen LogP contribution < -0.4 is 10.5 Å². The van der Waals surface area contributed by atoms with Crippen molar-refractivity contribution in [1.82, 2.24) is 4.90 Å². The molecule has 0 aliphatic rings. The van der Waals surface area contributed by atoms with E-state index in [1.807, 2.05) is 19.2 Å². The summed E-state index contributed by atoms with van der Waals surface area (Å²) in [5, 5.41) is 7.88. The zero-order valence-electron chi connectivity index (χ0n) is 10.2. The fourth-order valence-corrected chi connectivity index (χ4v) is 1.75. The van der Waals surface area contributed by atoms with Crippen molar-refractivity contribution in [3.05, 3.63) is 28.8 Å². The molecule has 4 nitrogen and oxygen atoms in total. The third kappa shape index (κ3) is 4.63. The highest BCUT2D eigenvalue weighted by molar-refractivity contribution is 6.30. The number of rotatable bonds is 6. The maximum absolute atomic E-state index is 7.19. The molecule has 0 atom stereocenters. The van der Waals surface area contributed by atoms with Gasteiger partial charge in [0.1, 0.15) is 5.75 Å². The van der Waals surface area contributed by atoms with E-state index in [9.17, 15) is 0 Å². The van der Waals surface area contributed by atoms with Crippen molar-refractivity contribution in [3.8, 4) is 5.75 Å². The van der Waals surface area contributed by atoms with Gasteiger partial charge in [0, 0.05) is 30.1 Å². The number of hydrogen-bond acceptors (Lipinski definition) is 3. The maximum Gasteiger partial charge on any atom is 0.123 e. The average Bonchev–Trinajstić information content (AvgIpc) is 2.27. The molecule has 0 aliphatic heterocycles. The highest BCUT2D eigenvalue weighted by Gasteiger charge is 2.07. The van der Waals surface area contributed by atoms with Crippen molar-refractivity contribution in [1.29, 1.82) is 5.41 Å². The number of ether oxygens (including phenoxy) is 1. The van der Waals surface area contributed by atoms with Gasteiger partial charge in [-0.15, -0.1) is 0 Å². The molecule has 17 heavy (non-hydrogen) atoms. The largest absolute Gasteiger partial charge is 0.496 e. The smallest absolute Gasteiger partial charge is 0.123 e. The zero-order valence-corrected chi connectivity index (χ0v) is 10.9. The van der Waals surface area contributed by atoms with Crippen LogP contribution in [-0.4, -0.2) is 31.4 Å². The van der Waals surface area contributed by atoms with Crippen LogP contribution in [0.4, 0.5) is 0 Å². The summed E-state index contributed by atoms with van der Waals surface area (Å²) in [6, 6.07) is 5.56. The maximum atomic E-state index is 7.19. The highest BCUT2D eigenvalue weighted by Crippen LogP contribution is 2.23. The van der Waals surface area contributed by atoms with Crippen LogP contribution in [0.15, 0.2) is 18.2 Å². The van der Waals surface area contributed by atoms with Crippen molar-refractivity contribution in [2.45, 2.75) is 13.0 Å². The summed E-state index contributed by atoms with van der Waals surface area (Å²) >= 11 is 5.96. The minimum atomic E-state index is 0.204. The summed E-state index contributed by atoms with van der Waals surface area (Å²) in [4.78, 5) is 2.08. The van der Waals surface area contributed by atoms with Crippen LogP contribution >= 0.6 is 11.6 Å². The molecule has 5 heteroatoms. The standard InChI is InChI=1S/C12H18ClN3O/c1-16(6-5-12(14)15)8-9-7-10(13)3-4-11(9)17-2/h3-4,7H,5-6,8H2,1-2H3,(H3,14,15). The predicted molar refractivity (Wildman–Crippen MR) is 70.9 cm³/mol. The van der Waals surface area contributed by atoms with Gasteiger partial charge in [0.05, 0.1) is 12.9 Å². The zero-order chi connectivity index (χ0) is 12.8. The Balaban J connectivity index is 2.66. The number of halogens is 1. The number of hydrogen-bond donors (Lipinski definition) is 2. The third-order valence-electron chi connectivity index (χ3n) is 2.45. The molecule has 3 N–H and O–H groups in total. The van der Waals surface area contributed by atoms with Crippen molar-refractivity contribution >= 4 is 17.4 Å². The monoisotopic (exact) mass is 255 g/mol. The first-order chi connectivity index (χ1) is 8.02. The lowest BCUT2D eigenvalue weighted by atomic mass is 10.2. The second-order valence-electron chi connectivity index (χ2n) is 3.97.